The van der Waals surface area contributed by atoms with Gasteiger partial charge in [0.15, 0.2) is 0 Å². The van der Waals surface area contributed by atoms with Gasteiger partial charge in [-0.3, -0.25) is 4.79 Å². The van der Waals surface area contributed by atoms with Crippen molar-refractivity contribution in [1.29, 1.82) is 0 Å². The average molecular weight is 473 g/mol. The lowest BCUT2D eigenvalue weighted by Crippen LogP contribution is -2.36. The number of pyridine rings is 1. The highest BCUT2D eigenvalue weighted by Gasteiger charge is 2.30. The van der Waals surface area contributed by atoms with Crippen molar-refractivity contribution in [3.8, 4) is 0 Å². The number of fused-ring (bicyclic) bond motifs is 3. The van der Waals surface area contributed by atoms with E-state index in [9.17, 15) is 14.7 Å². The first-order chi connectivity index (χ1) is 16.9. The Hall–Kier alpha value is -3.78. The normalized spacial score (nSPS) is 20.5. The molecule has 3 aromatic rings. The highest BCUT2D eigenvalue weighted by Crippen LogP contribution is 2.41. The predicted octanol–water partition coefficient (Wildman–Crippen LogP) is 2.64. The summed E-state index contributed by atoms with van der Waals surface area (Å²) >= 11 is 0. The maximum atomic E-state index is 15.4. The summed E-state index contributed by atoms with van der Waals surface area (Å²) in [5, 5.41) is 14.9. The fourth-order valence-corrected chi connectivity index (χ4v) is 5.57. The second-order valence-electron chi connectivity index (χ2n) is 9.48. The second kappa shape index (κ2) is 8.16. The van der Waals surface area contributed by atoms with E-state index in [-0.39, 0.29) is 16.6 Å². The van der Waals surface area contributed by atoms with Crippen molar-refractivity contribution in [3.63, 3.8) is 0 Å². The molecule has 2 atom stereocenters. The molecule has 2 aromatic carbocycles. The van der Waals surface area contributed by atoms with Crippen LogP contribution in [-0.2, 0) is 0 Å². The number of nitrogens with zero attached hydrogens (tertiary/aromatic N) is 3. The van der Waals surface area contributed by atoms with Crippen LogP contribution in [0.2, 0.25) is 0 Å². The van der Waals surface area contributed by atoms with Crippen molar-refractivity contribution in [2.24, 2.45) is 4.99 Å². The van der Waals surface area contributed by atoms with Crippen molar-refractivity contribution in [1.82, 2.24) is 9.47 Å². The van der Waals surface area contributed by atoms with Gasteiger partial charge in [-0.25, -0.2) is 14.2 Å². The molecule has 8 heteroatoms. The summed E-state index contributed by atoms with van der Waals surface area (Å²) in [5.74, 6) is -1.95. The van der Waals surface area contributed by atoms with Crippen LogP contribution in [-0.4, -0.2) is 52.4 Å². The molecule has 3 aliphatic rings. The number of benzene rings is 2. The number of aromatic nitrogens is 1. The number of likely N-dealkylation sites (tertiary alicyclic amines) is 1. The monoisotopic (exact) mass is 472 g/mol. The van der Waals surface area contributed by atoms with E-state index in [2.05, 4.69) is 17.3 Å². The van der Waals surface area contributed by atoms with Gasteiger partial charge in [-0.2, -0.15) is 0 Å². The maximum Gasteiger partial charge on any atom is 0.341 e. The van der Waals surface area contributed by atoms with Gasteiger partial charge in [0.2, 0.25) is 5.43 Å². The molecular weight excluding hydrogens is 447 g/mol. The Labute approximate surface area is 200 Å². The summed E-state index contributed by atoms with van der Waals surface area (Å²) in [7, 11) is 2.11. The van der Waals surface area contributed by atoms with E-state index in [0.717, 1.165) is 42.3 Å². The van der Waals surface area contributed by atoms with E-state index in [4.69, 9.17) is 4.99 Å². The minimum absolute atomic E-state index is 0.0218. The second-order valence-corrected chi connectivity index (χ2v) is 9.48. The van der Waals surface area contributed by atoms with Crippen LogP contribution >= 0.6 is 0 Å². The number of aromatic carboxylic acids is 1. The maximum absolute atomic E-state index is 15.4. The summed E-state index contributed by atoms with van der Waals surface area (Å²) < 4.78 is 17.2. The van der Waals surface area contributed by atoms with Gasteiger partial charge in [0, 0.05) is 18.8 Å². The highest BCUT2D eigenvalue weighted by atomic mass is 19.1. The summed E-state index contributed by atoms with van der Waals surface area (Å²) in [5.41, 5.74) is 0.598. The predicted molar refractivity (Wildman–Crippen MR) is 135 cm³/mol. The van der Waals surface area contributed by atoms with Crippen LogP contribution in [0.3, 0.4) is 0 Å². The fourth-order valence-electron chi connectivity index (χ4n) is 5.57. The Balaban J connectivity index is 1.54. The Kier molecular flexibility index (Phi) is 5.07. The smallest absolute Gasteiger partial charge is 0.341 e. The van der Waals surface area contributed by atoms with Crippen LogP contribution in [0.25, 0.3) is 23.1 Å². The van der Waals surface area contributed by atoms with Crippen molar-refractivity contribution in [2.45, 2.75) is 31.3 Å². The van der Waals surface area contributed by atoms with Crippen LogP contribution in [0, 0.1) is 5.82 Å². The van der Waals surface area contributed by atoms with E-state index in [1.807, 2.05) is 36.4 Å². The van der Waals surface area contributed by atoms with Crippen LogP contribution in [0.4, 0.5) is 15.8 Å². The minimum Gasteiger partial charge on any atom is -0.477 e. The van der Waals surface area contributed by atoms with Crippen LogP contribution in [0.5, 0.6) is 0 Å². The lowest BCUT2D eigenvalue weighted by Gasteiger charge is -2.29. The van der Waals surface area contributed by atoms with Gasteiger partial charge < -0.3 is 19.9 Å². The SMILES string of the molecule is CN1CCCC1CCNc1c(F)cc2c(=O)c(C(=O)O)cn3c2c1N=C1C=c2ccccc2=CC13. The molecule has 1 aliphatic carbocycles. The third-order valence-corrected chi connectivity index (χ3v) is 7.40. The molecule has 7 nitrogen and oxygen atoms in total. The molecule has 1 fully saturated rings. The number of nitrogens with one attached hydrogen (secondary N) is 1. The Morgan fingerprint density at radius 1 is 1.29 bits per heavy atom. The topological polar surface area (TPSA) is 86.9 Å². The molecule has 0 spiro atoms. The summed E-state index contributed by atoms with van der Waals surface area (Å²) in [6.45, 7) is 1.64. The van der Waals surface area contributed by atoms with Crippen molar-refractivity contribution >= 4 is 46.1 Å². The number of anilines is 1. The lowest BCUT2D eigenvalue weighted by atomic mass is 9.97. The van der Waals surface area contributed by atoms with E-state index in [0.29, 0.717) is 29.5 Å². The molecule has 0 saturated carbocycles. The summed E-state index contributed by atoms with van der Waals surface area (Å²) in [4.78, 5) is 32.0. The fraction of sp³-hybridized carbons (Fsp3) is 0.296. The Morgan fingerprint density at radius 3 is 2.83 bits per heavy atom. The quantitative estimate of drug-likeness (QED) is 0.596. The number of hydrogen-bond acceptors (Lipinski definition) is 5. The molecule has 2 unspecified atom stereocenters. The van der Waals surface area contributed by atoms with Gasteiger partial charge in [0.1, 0.15) is 17.1 Å². The number of aliphatic imine (C=N–C) groups is 1. The van der Waals surface area contributed by atoms with Crippen LogP contribution in [0.1, 0.15) is 35.7 Å². The van der Waals surface area contributed by atoms with Gasteiger partial charge in [0.25, 0.3) is 0 Å². The number of rotatable bonds is 5. The third kappa shape index (κ3) is 3.47. The molecule has 0 radical (unpaired) electrons. The number of halogens is 1. The van der Waals surface area contributed by atoms with Gasteiger partial charge in [-0.15, -0.1) is 0 Å². The number of carbonyl (C=O) groups is 1. The average Bonchev–Trinajstić information content (AvgIpc) is 3.25. The zero-order chi connectivity index (χ0) is 24.3. The molecule has 35 heavy (non-hydrogen) atoms. The molecule has 1 aromatic heterocycles. The lowest BCUT2D eigenvalue weighted by molar-refractivity contribution is 0.0695. The first-order valence-corrected chi connectivity index (χ1v) is 11.9. The van der Waals surface area contributed by atoms with E-state index < -0.39 is 23.3 Å². The first kappa shape index (κ1) is 21.7. The Morgan fingerprint density at radius 2 is 2.09 bits per heavy atom. The minimum atomic E-state index is -1.34. The van der Waals surface area contributed by atoms with Crippen molar-refractivity contribution in [3.05, 3.63) is 68.6 Å². The number of hydrogen-bond donors (Lipinski definition) is 2. The third-order valence-electron chi connectivity index (χ3n) is 7.40. The zero-order valence-corrected chi connectivity index (χ0v) is 19.3. The van der Waals surface area contributed by atoms with Gasteiger partial charge in [0.05, 0.1) is 28.3 Å². The largest absolute Gasteiger partial charge is 0.477 e. The molecule has 0 amide bonds. The van der Waals surface area contributed by atoms with Gasteiger partial charge in [-0.05, 0) is 61.5 Å². The first-order valence-electron chi connectivity index (χ1n) is 11.9. The highest BCUT2D eigenvalue weighted by molar-refractivity contribution is 6.20. The molecule has 2 N–H and O–H groups in total. The molecule has 6 rings (SSSR count). The van der Waals surface area contributed by atoms with E-state index in [1.54, 1.807) is 4.57 Å². The summed E-state index contributed by atoms with van der Waals surface area (Å²) in [6.07, 6.45) is 8.46. The standard InChI is InChI=1S/C27H25FN4O3/c1-31-10-4-7-17(31)8-9-29-23-20(28)13-18-25-24(23)30-21-11-15-5-2-3-6-16(15)12-22(21)32(25)14-19(26(18)33)27(34)35/h2-3,5-6,11-14,17,22,29H,4,7-10H2,1H3,(H,34,35). The van der Waals surface area contributed by atoms with Crippen molar-refractivity contribution < 1.29 is 14.3 Å². The van der Waals surface area contributed by atoms with Crippen LogP contribution in [0.15, 0.2) is 46.3 Å². The molecule has 3 heterocycles. The molecule has 1 saturated heterocycles. The Bertz CT molecular complexity index is 1610. The van der Waals surface area contributed by atoms with Crippen molar-refractivity contribution in [2.75, 3.05) is 25.5 Å². The zero-order valence-electron chi connectivity index (χ0n) is 19.3. The molecule has 178 valence electrons. The number of carboxylic acid groups (broad SMARTS) is 1. The van der Waals surface area contributed by atoms with Gasteiger partial charge in [-0.1, -0.05) is 24.3 Å². The molecule has 0 bridgehead atoms. The van der Waals surface area contributed by atoms with Crippen LogP contribution < -0.4 is 21.2 Å². The van der Waals surface area contributed by atoms with Gasteiger partial charge >= 0.3 is 5.97 Å². The van der Waals surface area contributed by atoms with E-state index in [1.165, 1.54) is 6.20 Å². The summed E-state index contributed by atoms with van der Waals surface area (Å²) in [6, 6.07) is 9.03. The molecule has 2 aliphatic heterocycles. The molecular formula is C27H25FN4O3. The van der Waals surface area contributed by atoms with E-state index >= 15 is 4.39 Å². The number of carboxylic acids is 1.